The molecule has 0 radical (unpaired) electrons. The Kier molecular flexibility index (Phi) is 5.14. The first kappa shape index (κ1) is 16.5. The van der Waals surface area contributed by atoms with Crippen molar-refractivity contribution in [3.8, 4) is 16.9 Å². The lowest BCUT2D eigenvalue weighted by atomic mass is 10.0. The zero-order valence-electron chi connectivity index (χ0n) is 14.3. The van der Waals surface area contributed by atoms with Crippen LogP contribution in [0.15, 0.2) is 42.7 Å². The molecule has 2 atom stereocenters. The van der Waals surface area contributed by atoms with Crippen LogP contribution in [0.1, 0.15) is 32.3 Å². The lowest BCUT2D eigenvalue weighted by Crippen LogP contribution is -2.35. The molecule has 1 aromatic heterocycles. The highest BCUT2D eigenvalue weighted by Gasteiger charge is 2.26. The van der Waals surface area contributed by atoms with Crippen molar-refractivity contribution in [1.29, 1.82) is 0 Å². The van der Waals surface area contributed by atoms with Crippen molar-refractivity contribution in [3.05, 3.63) is 48.3 Å². The smallest absolute Gasteiger partial charge is 0.220 e. The predicted molar refractivity (Wildman–Crippen MR) is 94.9 cm³/mol. The molecule has 0 spiro atoms. The number of nitrogens with one attached hydrogen (secondary N) is 1. The van der Waals surface area contributed by atoms with E-state index >= 15 is 0 Å². The minimum atomic E-state index is 0.00358. The number of hydrogen-bond donors (Lipinski definition) is 1. The SMILES string of the molecule is CCC(C)CC(=O)NCC1Cc2cccc(-c3ccncc3)c2O1. The molecule has 1 amide bonds. The summed E-state index contributed by atoms with van der Waals surface area (Å²) in [5, 5.41) is 3.01. The summed E-state index contributed by atoms with van der Waals surface area (Å²) >= 11 is 0. The molecule has 3 rings (SSSR count). The maximum atomic E-state index is 12.0. The van der Waals surface area contributed by atoms with Crippen LogP contribution in [0.5, 0.6) is 5.75 Å². The normalized spacial score (nSPS) is 17.0. The van der Waals surface area contributed by atoms with E-state index < -0.39 is 0 Å². The Morgan fingerprint density at radius 3 is 2.88 bits per heavy atom. The van der Waals surface area contributed by atoms with Crippen LogP contribution in [0.25, 0.3) is 11.1 Å². The number of nitrogens with zero attached hydrogens (tertiary/aromatic N) is 1. The second-order valence-electron chi connectivity index (χ2n) is 6.50. The third kappa shape index (κ3) is 3.75. The quantitative estimate of drug-likeness (QED) is 0.883. The van der Waals surface area contributed by atoms with E-state index in [1.165, 1.54) is 5.56 Å². The first-order chi connectivity index (χ1) is 11.7. The number of carbonyl (C=O) groups is 1. The van der Waals surface area contributed by atoms with Crippen molar-refractivity contribution in [3.63, 3.8) is 0 Å². The zero-order chi connectivity index (χ0) is 16.9. The van der Waals surface area contributed by atoms with Gasteiger partial charge in [-0.15, -0.1) is 0 Å². The van der Waals surface area contributed by atoms with Gasteiger partial charge in [0.2, 0.25) is 5.91 Å². The average molecular weight is 324 g/mol. The number of amides is 1. The number of pyridine rings is 1. The summed E-state index contributed by atoms with van der Waals surface area (Å²) in [7, 11) is 0. The number of fused-ring (bicyclic) bond motifs is 1. The second-order valence-corrected chi connectivity index (χ2v) is 6.50. The highest BCUT2D eigenvalue weighted by Crippen LogP contribution is 2.38. The Morgan fingerprint density at radius 2 is 2.12 bits per heavy atom. The summed E-state index contributed by atoms with van der Waals surface area (Å²) in [6.07, 6.45) is 6.01. The van der Waals surface area contributed by atoms with Gasteiger partial charge in [-0.25, -0.2) is 0 Å². The van der Waals surface area contributed by atoms with E-state index in [9.17, 15) is 4.79 Å². The molecule has 4 nitrogen and oxygen atoms in total. The minimum absolute atomic E-state index is 0.00358. The molecule has 0 saturated heterocycles. The summed E-state index contributed by atoms with van der Waals surface area (Å²) < 4.78 is 6.14. The average Bonchev–Trinajstić information content (AvgIpc) is 3.03. The summed E-state index contributed by atoms with van der Waals surface area (Å²) in [6.45, 7) is 4.76. The number of rotatable bonds is 6. The lowest BCUT2D eigenvalue weighted by Gasteiger charge is -2.14. The van der Waals surface area contributed by atoms with Crippen molar-refractivity contribution in [2.24, 2.45) is 5.92 Å². The van der Waals surface area contributed by atoms with Crippen molar-refractivity contribution in [2.45, 2.75) is 39.2 Å². The number of benzene rings is 1. The first-order valence-corrected chi connectivity index (χ1v) is 8.63. The Balaban J connectivity index is 1.64. The highest BCUT2D eigenvalue weighted by atomic mass is 16.5. The van der Waals surface area contributed by atoms with Crippen LogP contribution >= 0.6 is 0 Å². The van der Waals surface area contributed by atoms with Gasteiger partial charge in [0.15, 0.2) is 0 Å². The van der Waals surface area contributed by atoms with Gasteiger partial charge >= 0.3 is 0 Å². The molecule has 1 aliphatic heterocycles. The number of carbonyl (C=O) groups excluding carboxylic acids is 1. The van der Waals surface area contributed by atoms with Gasteiger partial charge in [-0.1, -0.05) is 38.5 Å². The van der Waals surface area contributed by atoms with Gasteiger partial charge in [-0.3, -0.25) is 9.78 Å². The number of hydrogen-bond acceptors (Lipinski definition) is 3. The Labute approximate surface area is 143 Å². The molecule has 2 heterocycles. The molecule has 0 bridgehead atoms. The molecule has 2 unspecified atom stereocenters. The molecule has 0 aliphatic carbocycles. The number of ether oxygens (including phenoxy) is 1. The number of para-hydroxylation sites is 1. The van der Waals surface area contributed by atoms with Crippen LogP contribution < -0.4 is 10.1 Å². The van der Waals surface area contributed by atoms with E-state index in [1.54, 1.807) is 12.4 Å². The van der Waals surface area contributed by atoms with Crippen LogP contribution in [0.2, 0.25) is 0 Å². The van der Waals surface area contributed by atoms with Gasteiger partial charge in [0.25, 0.3) is 0 Å². The number of aromatic nitrogens is 1. The molecule has 126 valence electrons. The zero-order valence-corrected chi connectivity index (χ0v) is 14.3. The molecular formula is C20H24N2O2. The lowest BCUT2D eigenvalue weighted by molar-refractivity contribution is -0.122. The molecule has 0 fully saturated rings. The maximum absolute atomic E-state index is 12.0. The van der Waals surface area contributed by atoms with Crippen LogP contribution in [0, 0.1) is 5.92 Å². The summed E-state index contributed by atoms with van der Waals surface area (Å²) in [6, 6.07) is 10.2. The van der Waals surface area contributed by atoms with Crippen molar-refractivity contribution >= 4 is 5.91 Å². The summed E-state index contributed by atoms with van der Waals surface area (Å²) in [5.74, 6) is 1.47. The largest absolute Gasteiger partial charge is 0.487 e. The van der Waals surface area contributed by atoms with Gasteiger partial charge in [0.1, 0.15) is 11.9 Å². The topological polar surface area (TPSA) is 51.2 Å². The minimum Gasteiger partial charge on any atom is -0.487 e. The molecular weight excluding hydrogens is 300 g/mol. The van der Waals surface area contributed by atoms with E-state index in [-0.39, 0.29) is 12.0 Å². The molecule has 1 aromatic carbocycles. The van der Waals surface area contributed by atoms with Gasteiger partial charge in [-0.2, -0.15) is 0 Å². The van der Waals surface area contributed by atoms with Crippen molar-refractivity contribution < 1.29 is 9.53 Å². The van der Waals surface area contributed by atoms with E-state index in [1.807, 2.05) is 12.1 Å². The van der Waals surface area contributed by atoms with Crippen molar-refractivity contribution in [2.75, 3.05) is 6.54 Å². The Bertz CT molecular complexity index is 700. The summed E-state index contributed by atoms with van der Waals surface area (Å²) in [4.78, 5) is 16.0. The van der Waals surface area contributed by atoms with E-state index in [0.717, 1.165) is 29.7 Å². The standard InChI is InChI=1S/C20H24N2O2/c1-3-14(2)11-19(23)22-13-17-12-16-5-4-6-18(20(16)24-17)15-7-9-21-10-8-15/h4-10,14,17H,3,11-13H2,1-2H3,(H,22,23). The van der Waals surface area contributed by atoms with Crippen molar-refractivity contribution in [1.82, 2.24) is 10.3 Å². The highest BCUT2D eigenvalue weighted by molar-refractivity contribution is 5.76. The first-order valence-electron chi connectivity index (χ1n) is 8.63. The fraction of sp³-hybridized carbons (Fsp3) is 0.400. The Morgan fingerprint density at radius 1 is 1.33 bits per heavy atom. The van der Waals surface area contributed by atoms with Crippen LogP contribution in [0.4, 0.5) is 0 Å². The van der Waals surface area contributed by atoms with Crippen LogP contribution in [0.3, 0.4) is 0 Å². The molecule has 24 heavy (non-hydrogen) atoms. The fourth-order valence-corrected chi connectivity index (χ4v) is 2.97. The molecule has 1 N–H and O–H groups in total. The third-order valence-electron chi connectivity index (χ3n) is 4.58. The summed E-state index contributed by atoms with van der Waals surface area (Å²) in [5.41, 5.74) is 3.39. The van der Waals surface area contributed by atoms with Gasteiger partial charge in [0.05, 0.1) is 6.54 Å². The van der Waals surface area contributed by atoms with Crippen LogP contribution in [-0.4, -0.2) is 23.5 Å². The predicted octanol–water partition coefficient (Wildman–Crippen LogP) is 3.60. The molecule has 2 aromatic rings. The van der Waals surface area contributed by atoms with E-state index in [4.69, 9.17) is 4.74 Å². The third-order valence-corrected chi connectivity index (χ3v) is 4.58. The van der Waals surface area contributed by atoms with E-state index in [2.05, 4.69) is 42.3 Å². The monoisotopic (exact) mass is 324 g/mol. The van der Waals surface area contributed by atoms with E-state index in [0.29, 0.717) is 18.9 Å². The second kappa shape index (κ2) is 7.47. The molecule has 0 saturated carbocycles. The van der Waals surface area contributed by atoms with Gasteiger partial charge in [0, 0.05) is 30.8 Å². The van der Waals surface area contributed by atoms with Gasteiger partial charge < -0.3 is 10.1 Å². The van der Waals surface area contributed by atoms with Gasteiger partial charge in [-0.05, 0) is 29.2 Å². The fourth-order valence-electron chi connectivity index (χ4n) is 2.97. The maximum Gasteiger partial charge on any atom is 0.220 e. The Hall–Kier alpha value is -2.36. The van der Waals surface area contributed by atoms with Crippen LogP contribution in [-0.2, 0) is 11.2 Å². The molecule has 4 heteroatoms. The molecule has 1 aliphatic rings.